The molecule has 1 aromatic rings. The number of carbonyl (C=O) groups is 1. The van der Waals surface area contributed by atoms with Crippen molar-refractivity contribution in [1.82, 2.24) is 9.21 Å². The third-order valence-electron chi connectivity index (χ3n) is 3.57. The number of rotatable bonds is 4. The molecule has 0 unspecified atom stereocenters. The molecular weight excluding hydrogens is 292 g/mol. The Morgan fingerprint density at radius 3 is 2.48 bits per heavy atom. The van der Waals surface area contributed by atoms with Gasteiger partial charge in [0.2, 0.25) is 15.9 Å². The number of nitrogens with zero attached hydrogens (tertiary/aromatic N) is 2. The Kier molecular flexibility index (Phi) is 4.84. The van der Waals surface area contributed by atoms with E-state index >= 15 is 0 Å². The van der Waals surface area contributed by atoms with Crippen LogP contribution in [0.5, 0.6) is 5.75 Å². The first-order valence-electron chi connectivity index (χ1n) is 6.91. The van der Waals surface area contributed by atoms with E-state index in [0.717, 1.165) is 0 Å². The first-order chi connectivity index (χ1) is 9.98. The third kappa shape index (κ3) is 3.36. The fourth-order valence-electron chi connectivity index (χ4n) is 2.31. The number of ether oxygens (including phenoxy) is 1. The number of sulfonamides is 1. The van der Waals surface area contributed by atoms with Crippen LogP contribution in [0.1, 0.15) is 13.3 Å². The highest BCUT2D eigenvalue weighted by Gasteiger charge is 2.29. The molecule has 1 amide bonds. The summed E-state index contributed by atoms with van der Waals surface area (Å²) in [6, 6.07) is 6.43. The highest BCUT2D eigenvalue weighted by Crippen LogP contribution is 2.21. The van der Waals surface area contributed by atoms with Crippen molar-refractivity contribution >= 4 is 15.9 Å². The molecule has 2 rings (SSSR count). The van der Waals surface area contributed by atoms with Crippen molar-refractivity contribution in [3.05, 3.63) is 24.3 Å². The van der Waals surface area contributed by atoms with Crippen molar-refractivity contribution in [2.45, 2.75) is 18.2 Å². The molecule has 21 heavy (non-hydrogen) atoms. The maximum atomic E-state index is 12.6. The zero-order chi connectivity index (χ0) is 15.5. The predicted molar refractivity (Wildman–Crippen MR) is 78.6 cm³/mol. The quantitative estimate of drug-likeness (QED) is 0.830. The lowest BCUT2D eigenvalue weighted by atomic mass is 10.3. The van der Waals surface area contributed by atoms with Gasteiger partial charge >= 0.3 is 0 Å². The molecule has 1 heterocycles. The minimum absolute atomic E-state index is 0.0634. The molecular formula is C14H20N2O4S. The summed E-state index contributed by atoms with van der Waals surface area (Å²) in [6.45, 7) is 3.34. The lowest BCUT2D eigenvalue weighted by Crippen LogP contribution is -2.50. The number of carbonyl (C=O) groups excluding carboxylic acids is 1. The van der Waals surface area contributed by atoms with Gasteiger partial charge in [-0.1, -0.05) is 13.0 Å². The second-order valence-electron chi connectivity index (χ2n) is 4.82. The molecule has 6 nitrogen and oxygen atoms in total. The summed E-state index contributed by atoms with van der Waals surface area (Å²) in [5.74, 6) is 0.573. The molecule has 0 aromatic heterocycles. The van der Waals surface area contributed by atoms with Crippen LogP contribution in [-0.2, 0) is 14.8 Å². The first-order valence-corrected chi connectivity index (χ1v) is 8.35. The van der Waals surface area contributed by atoms with Crippen molar-refractivity contribution in [2.24, 2.45) is 0 Å². The van der Waals surface area contributed by atoms with Gasteiger partial charge < -0.3 is 9.64 Å². The Labute approximate surface area is 125 Å². The molecule has 1 saturated heterocycles. The van der Waals surface area contributed by atoms with E-state index in [-0.39, 0.29) is 10.8 Å². The Balaban J connectivity index is 2.12. The Morgan fingerprint density at radius 2 is 1.90 bits per heavy atom. The minimum atomic E-state index is -3.54. The number of amides is 1. The van der Waals surface area contributed by atoms with Crippen LogP contribution in [0.4, 0.5) is 0 Å². The maximum Gasteiger partial charge on any atom is 0.243 e. The summed E-state index contributed by atoms with van der Waals surface area (Å²) in [5, 5.41) is 0. The van der Waals surface area contributed by atoms with Crippen LogP contribution in [0.3, 0.4) is 0 Å². The fraction of sp³-hybridized carbons (Fsp3) is 0.500. The summed E-state index contributed by atoms with van der Waals surface area (Å²) < 4.78 is 31.6. The average molecular weight is 312 g/mol. The SMILES string of the molecule is CCC(=O)N1CCN(S(=O)(=O)c2cccc(OC)c2)CC1. The molecule has 0 bridgehead atoms. The van der Waals surface area contributed by atoms with Crippen LogP contribution < -0.4 is 4.74 Å². The molecule has 0 aliphatic carbocycles. The van der Waals surface area contributed by atoms with Crippen LogP contribution in [0, 0.1) is 0 Å². The van der Waals surface area contributed by atoms with Gasteiger partial charge in [-0.2, -0.15) is 4.31 Å². The predicted octanol–water partition coefficient (Wildman–Crippen LogP) is 0.938. The summed E-state index contributed by atoms with van der Waals surface area (Å²) >= 11 is 0. The summed E-state index contributed by atoms with van der Waals surface area (Å²) in [7, 11) is -2.03. The van der Waals surface area contributed by atoms with Gasteiger partial charge in [-0.15, -0.1) is 0 Å². The number of methoxy groups -OCH3 is 1. The summed E-state index contributed by atoms with van der Waals surface area (Å²) in [6.07, 6.45) is 0.447. The van der Waals surface area contributed by atoms with Crippen molar-refractivity contribution in [1.29, 1.82) is 0 Å². The van der Waals surface area contributed by atoms with Gasteiger partial charge in [0.25, 0.3) is 0 Å². The summed E-state index contributed by atoms with van der Waals surface area (Å²) in [4.78, 5) is 13.5. The Morgan fingerprint density at radius 1 is 1.24 bits per heavy atom. The van der Waals surface area contributed by atoms with Gasteiger partial charge in [-0.05, 0) is 12.1 Å². The number of hydrogen-bond acceptors (Lipinski definition) is 4. The number of piperazine rings is 1. The summed E-state index contributed by atoms with van der Waals surface area (Å²) in [5.41, 5.74) is 0. The van der Waals surface area contributed by atoms with E-state index in [9.17, 15) is 13.2 Å². The second-order valence-corrected chi connectivity index (χ2v) is 6.76. The van der Waals surface area contributed by atoms with Crippen LogP contribution in [0.2, 0.25) is 0 Å². The molecule has 1 aromatic carbocycles. The van der Waals surface area contributed by atoms with Crippen LogP contribution in [0.15, 0.2) is 29.2 Å². The monoisotopic (exact) mass is 312 g/mol. The molecule has 0 atom stereocenters. The Hall–Kier alpha value is -1.60. The van der Waals surface area contributed by atoms with Crippen molar-refractivity contribution in [3.8, 4) is 5.75 Å². The topological polar surface area (TPSA) is 66.9 Å². The first kappa shape index (κ1) is 15.8. The number of benzene rings is 1. The van der Waals surface area contributed by atoms with E-state index in [1.54, 1.807) is 23.1 Å². The lowest BCUT2D eigenvalue weighted by Gasteiger charge is -2.33. The normalized spacial score (nSPS) is 16.8. The molecule has 1 fully saturated rings. The highest BCUT2D eigenvalue weighted by molar-refractivity contribution is 7.89. The largest absolute Gasteiger partial charge is 0.497 e. The average Bonchev–Trinajstić information content (AvgIpc) is 2.54. The molecule has 1 aliphatic rings. The van der Waals surface area contributed by atoms with E-state index in [2.05, 4.69) is 0 Å². The maximum absolute atomic E-state index is 12.6. The molecule has 0 radical (unpaired) electrons. The van der Waals surface area contributed by atoms with E-state index < -0.39 is 10.0 Å². The molecule has 116 valence electrons. The van der Waals surface area contributed by atoms with Gasteiger partial charge in [-0.3, -0.25) is 4.79 Å². The van der Waals surface area contributed by atoms with Crippen LogP contribution in [-0.4, -0.2) is 56.8 Å². The van der Waals surface area contributed by atoms with E-state index in [1.807, 2.05) is 6.92 Å². The van der Waals surface area contributed by atoms with E-state index in [1.165, 1.54) is 17.5 Å². The highest BCUT2D eigenvalue weighted by atomic mass is 32.2. The molecule has 0 N–H and O–H groups in total. The van der Waals surface area contributed by atoms with Crippen molar-refractivity contribution < 1.29 is 17.9 Å². The minimum Gasteiger partial charge on any atom is -0.497 e. The Bertz CT molecular complexity index is 607. The van der Waals surface area contributed by atoms with Crippen molar-refractivity contribution in [3.63, 3.8) is 0 Å². The lowest BCUT2D eigenvalue weighted by molar-refractivity contribution is -0.132. The van der Waals surface area contributed by atoms with Gasteiger partial charge in [-0.25, -0.2) is 8.42 Å². The van der Waals surface area contributed by atoms with Crippen LogP contribution >= 0.6 is 0 Å². The van der Waals surface area contributed by atoms with Gasteiger partial charge in [0, 0.05) is 38.7 Å². The molecule has 7 heteroatoms. The molecule has 0 spiro atoms. The second kappa shape index (κ2) is 6.44. The van der Waals surface area contributed by atoms with Gasteiger partial charge in [0.1, 0.15) is 5.75 Å². The molecule has 1 aliphatic heterocycles. The standard InChI is InChI=1S/C14H20N2O4S/c1-3-14(17)15-7-9-16(10-8-15)21(18,19)13-6-4-5-12(11-13)20-2/h4-6,11H,3,7-10H2,1-2H3. The third-order valence-corrected chi connectivity index (χ3v) is 5.47. The molecule has 0 saturated carbocycles. The zero-order valence-electron chi connectivity index (χ0n) is 12.3. The fourth-order valence-corrected chi connectivity index (χ4v) is 3.77. The van der Waals surface area contributed by atoms with Gasteiger partial charge in [0.05, 0.1) is 12.0 Å². The zero-order valence-corrected chi connectivity index (χ0v) is 13.1. The van der Waals surface area contributed by atoms with Crippen molar-refractivity contribution in [2.75, 3.05) is 33.3 Å². The smallest absolute Gasteiger partial charge is 0.243 e. The van der Waals surface area contributed by atoms with Crippen LogP contribution in [0.25, 0.3) is 0 Å². The number of hydrogen-bond donors (Lipinski definition) is 0. The van der Waals surface area contributed by atoms with E-state index in [4.69, 9.17) is 4.74 Å². The van der Waals surface area contributed by atoms with E-state index in [0.29, 0.717) is 38.3 Å². The van der Waals surface area contributed by atoms with Gasteiger partial charge in [0.15, 0.2) is 0 Å².